The summed E-state index contributed by atoms with van der Waals surface area (Å²) in [5.74, 6) is 0.396. The van der Waals surface area contributed by atoms with Crippen molar-refractivity contribution in [1.82, 2.24) is 15.5 Å². The molecule has 1 saturated heterocycles. The van der Waals surface area contributed by atoms with Gasteiger partial charge in [-0.1, -0.05) is 19.3 Å². The zero-order valence-electron chi connectivity index (χ0n) is 15.0. The lowest BCUT2D eigenvalue weighted by Gasteiger charge is -2.34. The van der Waals surface area contributed by atoms with E-state index in [1.54, 1.807) is 0 Å². The zero-order valence-corrected chi connectivity index (χ0v) is 15.9. The lowest BCUT2D eigenvalue weighted by Crippen LogP contribution is -2.51. The average Bonchev–Trinajstić information content (AvgIpc) is 3.02. The van der Waals surface area contributed by atoms with Gasteiger partial charge in [-0.15, -0.1) is 12.4 Å². The van der Waals surface area contributed by atoms with Crippen molar-refractivity contribution >= 4 is 24.3 Å². The van der Waals surface area contributed by atoms with Gasteiger partial charge in [0.25, 0.3) is 0 Å². The van der Waals surface area contributed by atoms with Crippen LogP contribution in [-0.4, -0.2) is 48.1 Å². The van der Waals surface area contributed by atoms with Gasteiger partial charge >= 0.3 is 6.03 Å². The van der Waals surface area contributed by atoms with Crippen LogP contribution in [0.2, 0.25) is 0 Å². The number of urea groups is 1. The molecule has 7 heteroatoms. The molecular weight excluding hydrogens is 340 g/mol. The zero-order chi connectivity index (χ0) is 16.9. The fraction of sp³-hybridized carbons (Fsp3) is 0.889. The van der Waals surface area contributed by atoms with Crippen LogP contribution < -0.4 is 16.4 Å². The second-order valence-corrected chi connectivity index (χ2v) is 7.82. The molecule has 0 aromatic carbocycles. The smallest absolute Gasteiger partial charge is 0.315 e. The van der Waals surface area contributed by atoms with Gasteiger partial charge in [-0.05, 0) is 44.9 Å². The van der Waals surface area contributed by atoms with Gasteiger partial charge in [0.15, 0.2) is 0 Å². The Morgan fingerprint density at radius 2 is 1.44 bits per heavy atom. The normalized spacial score (nSPS) is 28.3. The molecule has 3 aliphatic rings. The van der Waals surface area contributed by atoms with Crippen molar-refractivity contribution in [2.45, 2.75) is 82.3 Å². The summed E-state index contributed by atoms with van der Waals surface area (Å²) >= 11 is 0. The molecule has 3 rings (SSSR count). The lowest BCUT2D eigenvalue weighted by molar-refractivity contribution is -0.136. The highest BCUT2D eigenvalue weighted by Crippen LogP contribution is 2.27. The predicted octanol–water partition coefficient (Wildman–Crippen LogP) is 2.16. The first-order chi connectivity index (χ1) is 11.6. The number of carbonyl (C=O) groups excluding carboxylic acids is 2. The summed E-state index contributed by atoms with van der Waals surface area (Å²) in [4.78, 5) is 26.6. The van der Waals surface area contributed by atoms with Gasteiger partial charge in [-0.3, -0.25) is 4.79 Å². The van der Waals surface area contributed by atoms with Gasteiger partial charge in [0.05, 0.1) is 0 Å². The number of piperidine rings is 1. The molecule has 0 aromatic rings. The first-order valence-electron chi connectivity index (χ1n) is 9.73. The topological polar surface area (TPSA) is 87.5 Å². The molecule has 1 heterocycles. The second-order valence-electron chi connectivity index (χ2n) is 7.82. The molecule has 25 heavy (non-hydrogen) atoms. The Morgan fingerprint density at radius 1 is 0.840 bits per heavy atom. The molecule has 2 aliphatic carbocycles. The molecule has 6 nitrogen and oxygen atoms in total. The van der Waals surface area contributed by atoms with Crippen LogP contribution in [0.25, 0.3) is 0 Å². The van der Waals surface area contributed by atoms with Crippen LogP contribution in [0.3, 0.4) is 0 Å². The molecule has 3 fully saturated rings. The molecular formula is C18H33ClN4O2. The fourth-order valence-electron chi connectivity index (χ4n) is 4.40. The SMILES string of the molecule is Cl.NC1CCC(C(=O)N2CCC(NC(=O)NC3CCCCC3)CC2)C1. The third-order valence-corrected chi connectivity index (χ3v) is 5.90. The van der Waals surface area contributed by atoms with Gasteiger partial charge < -0.3 is 21.3 Å². The summed E-state index contributed by atoms with van der Waals surface area (Å²) in [6.07, 6.45) is 10.4. The van der Waals surface area contributed by atoms with E-state index in [1.165, 1.54) is 19.3 Å². The van der Waals surface area contributed by atoms with Crippen molar-refractivity contribution < 1.29 is 9.59 Å². The van der Waals surface area contributed by atoms with Crippen LogP contribution in [0, 0.1) is 5.92 Å². The predicted molar refractivity (Wildman–Crippen MR) is 101 cm³/mol. The van der Waals surface area contributed by atoms with Crippen molar-refractivity contribution in [2.24, 2.45) is 11.7 Å². The van der Waals surface area contributed by atoms with Gasteiger partial charge in [0, 0.05) is 37.1 Å². The van der Waals surface area contributed by atoms with Gasteiger partial charge in [0.1, 0.15) is 0 Å². The van der Waals surface area contributed by atoms with Crippen LogP contribution in [0.1, 0.15) is 64.2 Å². The third-order valence-electron chi connectivity index (χ3n) is 5.90. The van der Waals surface area contributed by atoms with Crippen LogP contribution >= 0.6 is 12.4 Å². The molecule has 0 radical (unpaired) electrons. The number of halogens is 1. The maximum absolute atomic E-state index is 12.5. The van der Waals surface area contributed by atoms with Crippen LogP contribution in [0.4, 0.5) is 4.79 Å². The van der Waals surface area contributed by atoms with Crippen molar-refractivity contribution in [2.75, 3.05) is 13.1 Å². The van der Waals surface area contributed by atoms with Gasteiger partial charge in [0.2, 0.25) is 5.91 Å². The Morgan fingerprint density at radius 3 is 2.00 bits per heavy atom. The molecule has 2 atom stereocenters. The van der Waals surface area contributed by atoms with Crippen molar-refractivity contribution in [3.8, 4) is 0 Å². The van der Waals surface area contributed by atoms with E-state index in [-0.39, 0.29) is 42.3 Å². The summed E-state index contributed by atoms with van der Waals surface area (Å²) in [6.45, 7) is 1.50. The largest absolute Gasteiger partial charge is 0.342 e. The van der Waals surface area contributed by atoms with E-state index >= 15 is 0 Å². The Kier molecular flexibility index (Phi) is 7.81. The molecule has 4 N–H and O–H groups in total. The molecule has 2 saturated carbocycles. The minimum absolute atomic E-state index is 0. The lowest BCUT2D eigenvalue weighted by atomic mass is 9.96. The maximum atomic E-state index is 12.5. The van der Waals surface area contributed by atoms with Crippen LogP contribution in [-0.2, 0) is 4.79 Å². The molecule has 2 unspecified atom stereocenters. The summed E-state index contributed by atoms with van der Waals surface area (Å²) in [5, 5.41) is 6.20. The monoisotopic (exact) mass is 372 g/mol. The molecule has 3 amide bonds. The van der Waals surface area contributed by atoms with Crippen molar-refractivity contribution in [1.29, 1.82) is 0 Å². The second kappa shape index (κ2) is 9.62. The summed E-state index contributed by atoms with van der Waals surface area (Å²) in [7, 11) is 0. The molecule has 0 bridgehead atoms. The van der Waals surface area contributed by atoms with E-state index < -0.39 is 0 Å². The summed E-state index contributed by atoms with van der Waals surface area (Å²) < 4.78 is 0. The number of carbonyl (C=O) groups is 2. The number of nitrogens with one attached hydrogen (secondary N) is 2. The first-order valence-corrected chi connectivity index (χ1v) is 9.73. The Hall–Kier alpha value is -1.01. The van der Waals surface area contributed by atoms with Crippen molar-refractivity contribution in [3.63, 3.8) is 0 Å². The minimum atomic E-state index is -0.0338. The van der Waals surface area contributed by atoms with E-state index in [4.69, 9.17) is 5.73 Å². The van der Waals surface area contributed by atoms with E-state index in [9.17, 15) is 9.59 Å². The Labute approximate surface area is 157 Å². The van der Waals surface area contributed by atoms with Crippen LogP contribution in [0.15, 0.2) is 0 Å². The number of nitrogens with zero attached hydrogens (tertiary/aromatic N) is 1. The first kappa shape index (κ1) is 20.3. The molecule has 0 spiro atoms. The van der Waals surface area contributed by atoms with Crippen LogP contribution in [0.5, 0.6) is 0 Å². The third kappa shape index (κ3) is 5.74. The van der Waals surface area contributed by atoms with Gasteiger partial charge in [-0.2, -0.15) is 0 Å². The van der Waals surface area contributed by atoms with E-state index in [1.807, 2.05) is 4.90 Å². The molecule has 1 aliphatic heterocycles. The Bertz CT molecular complexity index is 448. The number of likely N-dealkylation sites (tertiary alicyclic amines) is 1. The summed E-state index contributed by atoms with van der Waals surface area (Å²) in [5.41, 5.74) is 5.92. The summed E-state index contributed by atoms with van der Waals surface area (Å²) in [6, 6.07) is 0.686. The standard InChI is InChI=1S/C18H32N4O2.ClH/c19-14-7-6-13(12-14)17(23)22-10-8-16(9-11-22)21-18(24)20-15-4-2-1-3-5-15;/h13-16H,1-12,19H2,(H2,20,21,24);1H. The van der Waals surface area contributed by atoms with E-state index in [0.29, 0.717) is 6.04 Å². The van der Waals surface area contributed by atoms with Gasteiger partial charge in [-0.25, -0.2) is 4.79 Å². The average molecular weight is 373 g/mol. The number of rotatable bonds is 3. The Balaban J connectivity index is 0.00000225. The molecule has 0 aromatic heterocycles. The highest BCUT2D eigenvalue weighted by Gasteiger charge is 2.33. The number of hydrogen-bond acceptors (Lipinski definition) is 3. The number of nitrogens with two attached hydrogens (primary N) is 1. The highest BCUT2D eigenvalue weighted by atomic mass is 35.5. The van der Waals surface area contributed by atoms with Crippen molar-refractivity contribution in [3.05, 3.63) is 0 Å². The van der Waals surface area contributed by atoms with E-state index in [0.717, 1.165) is 58.0 Å². The number of amides is 3. The van der Waals surface area contributed by atoms with E-state index in [2.05, 4.69) is 10.6 Å². The minimum Gasteiger partial charge on any atom is -0.342 e. The fourth-order valence-corrected chi connectivity index (χ4v) is 4.40. The molecule has 144 valence electrons. The number of hydrogen-bond donors (Lipinski definition) is 3. The highest BCUT2D eigenvalue weighted by molar-refractivity contribution is 5.85. The maximum Gasteiger partial charge on any atom is 0.315 e. The quantitative estimate of drug-likeness (QED) is 0.709.